The van der Waals surface area contributed by atoms with Crippen molar-refractivity contribution in [2.45, 2.75) is 18.8 Å². The molecule has 0 amide bonds. The van der Waals surface area contributed by atoms with Gasteiger partial charge in [-0.25, -0.2) is 4.68 Å². The van der Waals surface area contributed by atoms with E-state index in [2.05, 4.69) is 11.2 Å². The van der Waals surface area contributed by atoms with Crippen molar-refractivity contribution in [3.05, 3.63) is 70.4 Å². The minimum atomic E-state index is 0.0165. The summed E-state index contributed by atoms with van der Waals surface area (Å²) in [6.45, 7) is 0. The Hall–Kier alpha value is -3.13. The van der Waals surface area contributed by atoms with Gasteiger partial charge in [-0.2, -0.15) is 10.4 Å². The van der Waals surface area contributed by atoms with Gasteiger partial charge < -0.3 is 4.57 Å². The highest BCUT2D eigenvalue weighted by atomic mass is 16.1. The van der Waals surface area contributed by atoms with E-state index in [1.165, 1.54) is 0 Å². The number of hydrogen-bond acceptors (Lipinski definition) is 3. The zero-order valence-electron chi connectivity index (χ0n) is 13.3. The van der Waals surface area contributed by atoms with Crippen LogP contribution in [-0.4, -0.2) is 14.3 Å². The van der Waals surface area contributed by atoms with Crippen LogP contribution in [0.3, 0.4) is 0 Å². The summed E-state index contributed by atoms with van der Waals surface area (Å²) in [5, 5.41) is 13.7. The second-order valence-electron chi connectivity index (χ2n) is 6.17. The molecule has 0 aliphatic heterocycles. The molecular formula is C19H16N4O. The largest absolute Gasteiger partial charge is 0.318 e. The fourth-order valence-corrected chi connectivity index (χ4v) is 2.98. The van der Waals surface area contributed by atoms with Gasteiger partial charge in [-0.3, -0.25) is 4.79 Å². The van der Waals surface area contributed by atoms with Gasteiger partial charge in [-0.05, 0) is 36.5 Å². The van der Waals surface area contributed by atoms with Crippen molar-refractivity contribution < 1.29 is 0 Å². The molecule has 0 N–H and O–H groups in total. The standard InChI is InChI=1S/C19H16N4O/c1-22-12-17(16(8-19(22)24)13-6-7-13)15-10-21-23(11-15)18-5-3-2-4-14(18)9-20/h2-5,8,10-13H,6-7H2,1H3. The normalized spacial score (nSPS) is 13.7. The van der Waals surface area contributed by atoms with Crippen LogP contribution in [0.25, 0.3) is 16.8 Å². The van der Waals surface area contributed by atoms with E-state index in [4.69, 9.17) is 0 Å². The summed E-state index contributed by atoms with van der Waals surface area (Å²) in [6.07, 6.45) is 7.85. The molecule has 1 aliphatic rings. The fourth-order valence-electron chi connectivity index (χ4n) is 2.98. The minimum Gasteiger partial charge on any atom is -0.318 e. The molecule has 1 aromatic carbocycles. The predicted molar refractivity (Wildman–Crippen MR) is 90.9 cm³/mol. The minimum absolute atomic E-state index is 0.0165. The molecule has 0 unspecified atom stereocenters. The molecule has 0 bridgehead atoms. The second kappa shape index (κ2) is 5.50. The highest BCUT2D eigenvalue weighted by Crippen LogP contribution is 2.43. The highest BCUT2D eigenvalue weighted by Gasteiger charge is 2.27. The van der Waals surface area contributed by atoms with Crippen molar-refractivity contribution in [3.8, 4) is 22.9 Å². The van der Waals surface area contributed by atoms with E-state index in [-0.39, 0.29) is 5.56 Å². The summed E-state index contributed by atoms with van der Waals surface area (Å²) in [7, 11) is 1.76. The van der Waals surface area contributed by atoms with Crippen LogP contribution in [0.1, 0.15) is 29.9 Å². The number of aromatic nitrogens is 3. The Morgan fingerprint density at radius 1 is 1.25 bits per heavy atom. The molecule has 2 aromatic heterocycles. The average molecular weight is 316 g/mol. The van der Waals surface area contributed by atoms with E-state index >= 15 is 0 Å². The number of nitriles is 1. The average Bonchev–Trinajstić information content (AvgIpc) is 3.33. The Kier molecular flexibility index (Phi) is 3.31. The summed E-state index contributed by atoms with van der Waals surface area (Å²) in [6, 6.07) is 11.3. The Morgan fingerprint density at radius 3 is 2.79 bits per heavy atom. The maximum absolute atomic E-state index is 12.0. The molecule has 5 nitrogen and oxygen atoms in total. The third kappa shape index (κ3) is 2.42. The number of rotatable bonds is 3. The Bertz CT molecular complexity index is 1020. The van der Waals surface area contributed by atoms with Crippen LogP contribution < -0.4 is 5.56 Å². The van der Waals surface area contributed by atoms with Crippen LogP contribution in [-0.2, 0) is 7.05 Å². The lowest BCUT2D eigenvalue weighted by Crippen LogP contribution is -2.16. The predicted octanol–water partition coefficient (Wildman–Crippen LogP) is 2.99. The number of aryl methyl sites for hydroxylation is 1. The number of hydrogen-bond donors (Lipinski definition) is 0. The van der Waals surface area contributed by atoms with E-state index in [1.54, 1.807) is 34.6 Å². The Balaban J connectivity index is 1.83. The van der Waals surface area contributed by atoms with Crippen LogP contribution in [0, 0.1) is 11.3 Å². The van der Waals surface area contributed by atoms with Gasteiger partial charge >= 0.3 is 0 Å². The Morgan fingerprint density at radius 2 is 2.04 bits per heavy atom. The van der Waals surface area contributed by atoms with Crippen molar-refractivity contribution in [1.82, 2.24) is 14.3 Å². The molecule has 2 heterocycles. The molecular weight excluding hydrogens is 300 g/mol. The van der Waals surface area contributed by atoms with E-state index < -0.39 is 0 Å². The first-order valence-electron chi connectivity index (χ1n) is 7.92. The molecule has 24 heavy (non-hydrogen) atoms. The first-order chi connectivity index (χ1) is 11.7. The van der Waals surface area contributed by atoms with Gasteiger partial charge in [0.2, 0.25) is 0 Å². The smallest absolute Gasteiger partial charge is 0.250 e. The van der Waals surface area contributed by atoms with Crippen molar-refractivity contribution in [3.63, 3.8) is 0 Å². The molecule has 1 saturated carbocycles. The number of pyridine rings is 1. The Labute approximate surface area is 139 Å². The van der Waals surface area contributed by atoms with Gasteiger partial charge in [0.25, 0.3) is 5.56 Å². The van der Waals surface area contributed by atoms with Crippen LogP contribution in [0.5, 0.6) is 0 Å². The van der Waals surface area contributed by atoms with Crippen LogP contribution in [0.2, 0.25) is 0 Å². The summed E-state index contributed by atoms with van der Waals surface area (Å²) in [4.78, 5) is 12.0. The molecule has 1 fully saturated rings. The zero-order chi connectivity index (χ0) is 16.7. The van der Waals surface area contributed by atoms with E-state index in [0.717, 1.165) is 35.2 Å². The topological polar surface area (TPSA) is 63.6 Å². The third-order valence-electron chi connectivity index (χ3n) is 4.44. The summed E-state index contributed by atoms with van der Waals surface area (Å²) < 4.78 is 3.32. The first-order valence-corrected chi connectivity index (χ1v) is 7.92. The van der Waals surface area contributed by atoms with Gasteiger partial charge in [-0.1, -0.05) is 12.1 Å². The lowest BCUT2D eigenvalue weighted by atomic mass is 10.0. The SMILES string of the molecule is Cn1cc(-c2cnn(-c3ccccc3C#N)c2)c(C2CC2)cc1=O. The van der Waals surface area contributed by atoms with E-state index in [0.29, 0.717) is 11.5 Å². The lowest BCUT2D eigenvalue weighted by Gasteiger charge is -2.09. The number of nitrogens with zero attached hydrogens (tertiary/aromatic N) is 4. The number of benzene rings is 1. The lowest BCUT2D eigenvalue weighted by molar-refractivity contribution is 0.852. The number of para-hydroxylation sites is 1. The van der Waals surface area contributed by atoms with Gasteiger partial charge in [0.15, 0.2) is 0 Å². The summed E-state index contributed by atoms with van der Waals surface area (Å²) in [5.74, 6) is 0.476. The van der Waals surface area contributed by atoms with Crippen molar-refractivity contribution in [2.75, 3.05) is 0 Å². The second-order valence-corrected chi connectivity index (χ2v) is 6.17. The fraction of sp³-hybridized carbons (Fsp3) is 0.211. The van der Waals surface area contributed by atoms with Crippen LogP contribution in [0.15, 0.2) is 53.7 Å². The maximum Gasteiger partial charge on any atom is 0.250 e. The monoisotopic (exact) mass is 316 g/mol. The molecule has 5 heteroatoms. The maximum atomic E-state index is 12.0. The van der Waals surface area contributed by atoms with Crippen molar-refractivity contribution in [2.24, 2.45) is 7.05 Å². The molecule has 3 aromatic rings. The summed E-state index contributed by atoms with van der Waals surface area (Å²) in [5.41, 5.74) is 4.45. The van der Waals surface area contributed by atoms with Gasteiger partial charge in [0, 0.05) is 36.6 Å². The van der Waals surface area contributed by atoms with E-state index in [1.807, 2.05) is 30.6 Å². The van der Waals surface area contributed by atoms with E-state index in [9.17, 15) is 10.1 Å². The van der Waals surface area contributed by atoms with Crippen molar-refractivity contribution in [1.29, 1.82) is 5.26 Å². The van der Waals surface area contributed by atoms with Gasteiger partial charge in [0.1, 0.15) is 6.07 Å². The molecule has 4 rings (SSSR count). The zero-order valence-corrected chi connectivity index (χ0v) is 13.3. The quantitative estimate of drug-likeness (QED) is 0.746. The molecule has 0 spiro atoms. The first kappa shape index (κ1) is 14.5. The summed E-state index contributed by atoms with van der Waals surface area (Å²) >= 11 is 0. The molecule has 0 radical (unpaired) electrons. The van der Waals surface area contributed by atoms with Gasteiger partial charge in [-0.15, -0.1) is 0 Å². The molecule has 1 aliphatic carbocycles. The molecule has 0 atom stereocenters. The van der Waals surface area contributed by atoms with Gasteiger partial charge in [0.05, 0.1) is 17.4 Å². The van der Waals surface area contributed by atoms with Crippen LogP contribution in [0.4, 0.5) is 0 Å². The van der Waals surface area contributed by atoms with Crippen molar-refractivity contribution >= 4 is 0 Å². The molecule has 0 saturated heterocycles. The third-order valence-corrected chi connectivity index (χ3v) is 4.44. The van der Waals surface area contributed by atoms with Crippen LogP contribution >= 0.6 is 0 Å². The molecule has 118 valence electrons. The highest BCUT2D eigenvalue weighted by molar-refractivity contribution is 5.67.